The summed E-state index contributed by atoms with van der Waals surface area (Å²) in [5.41, 5.74) is 0. The van der Waals surface area contributed by atoms with Crippen LogP contribution in [-0.4, -0.2) is 37.2 Å². The maximum atomic E-state index is 12.6. The first-order valence-corrected chi connectivity index (χ1v) is 24.6. The third-order valence-corrected chi connectivity index (χ3v) is 10.1. The molecular formula is C54H90O6. The van der Waals surface area contributed by atoms with Gasteiger partial charge in [-0.15, -0.1) is 0 Å². The van der Waals surface area contributed by atoms with Crippen LogP contribution >= 0.6 is 0 Å². The van der Waals surface area contributed by atoms with Gasteiger partial charge in [0.15, 0.2) is 6.10 Å². The Bertz CT molecular complexity index is 1190. The molecule has 1 atom stereocenters. The smallest absolute Gasteiger partial charge is 0.306 e. The third-order valence-electron chi connectivity index (χ3n) is 10.1. The van der Waals surface area contributed by atoms with Gasteiger partial charge in [-0.05, 0) is 89.9 Å². The van der Waals surface area contributed by atoms with Crippen LogP contribution in [0.2, 0.25) is 0 Å². The van der Waals surface area contributed by atoms with Crippen molar-refractivity contribution in [3.8, 4) is 0 Å². The number of unbranched alkanes of at least 4 members (excludes halogenated alkanes) is 18. The standard InChI is InChI=1S/C54H90O6/c1-4-7-10-13-15-17-19-20-21-22-23-24-25-26-27-28-29-30-31-32-33-34-35-37-38-41-44-47-53(56)59-50-51(49-58-52(55)46-43-40-12-9-6-3)60-54(57)48-45-42-39-36-18-16-14-11-8-5-2/h7,10-11,14-15,17,20-21,23-24,26-27,29-30,51H,4-6,8-9,12-13,16,18-19,22,25,28,31-50H2,1-3H3/b10-7-,14-11-,17-15-,21-20-,24-23-,27-26-,30-29-. The predicted octanol–water partition coefficient (Wildman–Crippen LogP) is 16.0. The summed E-state index contributed by atoms with van der Waals surface area (Å²) in [4.78, 5) is 37.5. The number of ether oxygens (including phenoxy) is 3. The summed E-state index contributed by atoms with van der Waals surface area (Å²) in [5, 5.41) is 0. The van der Waals surface area contributed by atoms with Crippen LogP contribution in [0.4, 0.5) is 0 Å². The topological polar surface area (TPSA) is 78.9 Å². The molecule has 0 rings (SSSR count). The molecule has 342 valence electrons. The summed E-state index contributed by atoms with van der Waals surface area (Å²) >= 11 is 0. The van der Waals surface area contributed by atoms with Crippen molar-refractivity contribution >= 4 is 17.9 Å². The number of rotatable bonds is 43. The second-order valence-corrected chi connectivity index (χ2v) is 16.0. The molecule has 0 N–H and O–H groups in total. The number of hydrogen-bond donors (Lipinski definition) is 0. The minimum absolute atomic E-state index is 0.0836. The van der Waals surface area contributed by atoms with E-state index >= 15 is 0 Å². The van der Waals surface area contributed by atoms with Crippen LogP contribution in [0, 0.1) is 0 Å². The summed E-state index contributed by atoms with van der Waals surface area (Å²) in [7, 11) is 0. The fourth-order valence-electron chi connectivity index (χ4n) is 6.45. The Morgan fingerprint density at radius 3 is 1.10 bits per heavy atom. The first-order valence-electron chi connectivity index (χ1n) is 24.6. The number of allylic oxidation sites excluding steroid dienone is 14. The lowest BCUT2D eigenvalue weighted by Crippen LogP contribution is -2.30. The zero-order valence-corrected chi connectivity index (χ0v) is 38.9. The Morgan fingerprint density at radius 1 is 0.350 bits per heavy atom. The maximum Gasteiger partial charge on any atom is 0.306 e. The van der Waals surface area contributed by atoms with Gasteiger partial charge < -0.3 is 14.2 Å². The van der Waals surface area contributed by atoms with Gasteiger partial charge in [-0.25, -0.2) is 0 Å². The minimum atomic E-state index is -0.778. The van der Waals surface area contributed by atoms with Crippen molar-refractivity contribution in [1.29, 1.82) is 0 Å². The van der Waals surface area contributed by atoms with E-state index in [0.717, 1.165) is 128 Å². The summed E-state index contributed by atoms with van der Waals surface area (Å²) in [6, 6.07) is 0. The van der Waals surface area contributed by atoms with Crippen molar-refractivity contribution < 1.29 is 28.6 Å². The lowest BCUT2D eigenvalue weighted by Gasteiger charge is -2.18. The van der Waals surface area contributed by atoms with E-state index in [1.165, 1.54) is 51.4 Å². The van der Waals surface area contributed by atoms with Crippen LogP contribution in [0.25, 0.3) is 0 Å². The quantitative estimate of drug-likeness (QED) is 0.0263. The van der Waals surface area contributed by atoms with Gasteiger partial charge in [0.1, 0.15) is 13.2 Å². The largest absolute Gasteiger partial charge is 0.462 e. The minimum Gasteiger partial charge on any atom is -0.462 e. The molecule has 60 heavy (non-hydrogen) atoms. The van der Waals surface area contributed by atoms with Crippen LogP contribution in [-0.2, 0) is 28.6 Å². The Morgan fingerprint density at radius 2 is 0.683 bits per heavy atom. The molecule has 0 aromatic carbocycles. The summed E-state index contributed by atoms with van der Waals surface area (Å²) in [5.74, 6) is -0.923. The summed E-state index contributed by atoms with van der Waals surface area (Å²) in [6.07, 6.45) is 61.9. The van der Waals surface area contributed by atoms with Crippen LogP contribution in [0.1, 0.15) is 220 Å². The molecule has 0 aliphatic rings. The Labute approximate surface area is 369 Å². The van der Waals surface area contributed by atoms with Crippen molar-refractivity contribution in [1.82, 2.24) is 0 Å². The number of hydrogen-bond acceptors (Lipinski definition) is 6. The van der Waals surface area contributed by atoms with Crippen LogP contribution in [0.5, 0.6) is 0 Å². The predicted molar refractivity (Wildman–Crippen MR) is 256 cm³/mol. The van der Waals surface area contributed by atoms with E-state index in [1.54, 1.807) is 0 Å². The molecule has 0 amide bonds. The van der Waals surface area contributed by atoms with Crippen LogP contribution in [0.3, 0.4) is 0 Å². The second kappa shape index (κ2) is 48.3. The van der Waals surface area contributed by atoms with Crippen molar-refractivity contribution in [3.63, 3.8) is 0 Å². The van der Waals surface area contributed by atoms with Crippen molar-refractivity contribution in [2.75, 3.05) is 13.2 Å². The van der Waals surface area contributed by atoms with Gasteiger partial charge in [0, 0.05) is 19.3 Å². The molecule has 6 heteroatoms. The first-order chi connectivity index (χ1) is 29.5. The Kier molecular flexibility index (Phi) is 45.5. The highest BCUT2D eigenvalue weighted by Crippen LogP contribution is 2.13. The van der Waals surface area contributed by atoms with Gasteiger partial charge in [0.25, 0.3) is 0 Å². The molecule has 0 fully saturated rings. The number of carbonyl (C=O) groups is 3. The Hall–Kier alpha value is -3.41. The van der Waals surface area contributed by atoms with Gasteiger partial charge in [-0.1, -0.05) is 196 Å². The lowest BCUT2D eigenvalue weighted by atomic mass is 10.1. The van der Waals surface area contributed by atoms with Crippen molar-refractivity contribution in [3.05, 3.63) is 85.1 Å². The van der Waals surface area contributed by atoms with E-state index in [0.29, 0.717) is 19.3 Å². The molecule has 0 saturated heterocycles. The highest BCUT2D eigenvalue weighted by atomic mass is 16.6. The molecule has 0 aliphatic carbocycles. The molecule has 0 saturated carbocycles. The van der Waals surface area contributed by atoms with Crippen LogP contribution < -0.4 is 0 Å². The van der Waals surface area contributed by atoms with Crippen molar-refractivity contribution in [2.45, 2.75) is 226 Å². The summed E-state index contributed by atoms with van der Waals surface area (Å²) in [6.45, 7) is 6.34. The van der Waals surface area contributed by atoms with E-state index in [2.05, 4.69) is 106 Å². The second-order valence-electron chi connectivity index (χ2n) is 16.0. The average Bonchev–Trinajstić information content (AvgIpc) is 3.24. The molecule has 0 aromatic heterocycles. The zero-order chi connectivity index (χ0) is 43.7. The number of esters is 3. The molecular weight excluding hydrogens is 745 g/mol. The average molecular weight is 835 g/mol. The lowest BCUT2D eigenvalue weighted by molar-refractivity contribution is -0.167. The van der Waals surface area contributed by atoms with E-state index < -0.39 is 6.10 Å². The van der Waals surface area contributed by atoms with E-state index in [1.807, 2.05) is 0 Å². The SMILES string of the molecule is CC/C=C\C/C=C\C/C=C\C/C=C\C/C=C\C/C=C\CCCCCCCCCCC(=O)OCC(COC(=O)CCCCCCC)OC(=O)CCCCCCC/C=C\CCC. The van der Waals surface area contributed by atoms with E-state index in [9.17, 15) is 14.4 Å². The molecule has 0 radical (unpaired) electrons. The highest BCUT2D eigenvalue weighted by Gasteiger charge is 2.19. The maximum absolute atomic E-state index is 12.6. The normalized spacial score (nSPS) is 12.8. The number of carbonyl (C=O) groups excluding carboxylic acids is 3. The molecule has 0 spiro atoms. The van der Waals surface area contributed by atoms with Crippen LogP contribution in [0.15, 0.2) is 85.1 Å². The van der Waals surface area contributed by atoms with E-state index in [-0.39, 0.29) is 31.1 Å². The fraction of sp³-hybridized carbons (Fsp3) is 0.685. The molecule has 6 nitrogen and oxygen atoms in total. The molecule has 1 unspecified atom stereocenters. The van der Waals surface area contributed by atoms with Gasteiger partial charge in [-0.3, -0.25) is 14.4 Å². The molecule has 0 aliphatic heterocycles. The first kappa shape index (κ1) is 56.6. The van der Waals surface area contributed by atoms with E-state index in [4.69, 9.17) is 14.2 Å². The molecule has 0 heterocycles. The highest BCUT2D eigenvalue weighted by molar-refractivity contribution is 5.71. The summed E-state index contributed by atoms with van der Waals surface area (Å²) < 4.78 is 16.6. The Balaban J connectivity index is 4.09. The third kappa shape index (κ3) is 45.7. The molecule has 0 aromatic rings. The fourth-order valence-corrected chi connectivity index (χ4v) is 6.45. The van der Waals surface area contributed by atoms with Gasteiger partial charge >= 0.3 is 17.9 Å². The van der Waals surface area contributed by atoms with Gasteiger partial charge in [0.05, 0.1) is 0 Å². The van der Waals surface area contributed by atoms with Crippen molar-refractivity contribution in [2.24, 2.45) is 0 Å². The zero-order valence-electron chi connectivity index (χ0n) is 38.9. The monoisotopic (exact) mass is 835 g/mol. The molecule has 0 bridgehead atoms. The van der Waals surface area contributed by atoms with Gasteiger partial charge in [-0.2, -0.15) is 0 Å². The van der Waals surface area contributed by atoms with Gasteiger partial charge in [0.2, 0.25) is 0 Å².